The Balaban J connectivity index is 1.91. The summed E-state index contributed by atoms with van der Waals surface area (Å²) >= 11 is 1.55. The van der Waals surface area contributed by atoms with Gasteiger partial charge in [0, 0.05) is 29.6 Å². The topological polar surface area (TPSA) is 38.1 Å². The molecular weight excluding hydrogens is 414 g/mol. The summed E-state index contributed by atoms with van der Waals surface area (Å²) in [5, 5.41) is 2.81. The van der Waals surface area contributed by atoms with Crippen LogP contribution in [0.4, 0.5) is 0 Å². The Labute approximate surface area is 194 Å². The fourth-order valence-electron chi connectivity index (χ4n) is 4.06. The molecule has 0 saturated carbocycles. The zero-order valence-electron chi connectivity index (χ0n) is 19.6. The van der Waals surface area contributed by atoms with Gasteiger partial charge in [-0.15, -0.1) is 11.3 Å². The number of likely N-dealkylation sites (N-methyl/N-ethyl adjacent to an activating group) is 1. The van der Waals surface area contributed by atoms with E-state index in [2.05, 4.69) is 87.4 Å². The molecule has 0 bridgehead atoms. The number of rotatable bonds is 7. The van der Waals surface area contributed by atoms with E-state index in [1.807, 2.05) is 4.57 Å². The van der Waals surface area contributed by atoms with Crippen LogP contribution in [-0.2, 0) is 6.54 Å². The first kappa shape index (κ1) is 22.4. The van der Waals surface area contributed by atoms with Gasteiger partial charge in [-0.3, -0.25) is 9.36 Å². The molecule has 0 aliphatic carbocycles. The summed E-state index contributed by atoms with van der Waals surface area (Å²) in [6, 6.07) is 14.7. The molecule has 4 rings (SSSR count). The van der Waals surface area contributed by atoms with Crippen molar-refractivity contribution in [2.45, 2.75) is 41.2 Å². The first-order valence-electron chi connectivity index (χ1n) is 11.3. The fourth-order valence-corrected chi connectivity index (χ4v) is 5.00. The van der Waals surface area contributed by atoms with Crippen LogP contribution in [0, 0.1) is 20.8 Å². The second kappa shape index (κ2) is 9.39. The van der Waals surface area contributed by atoms with Crippen LogP contribution in [0.5, 0.6) is 0 Å². The van der Waals surface area contributed by atoms with E-state index < -0.39 is 0 Å². The Morgan fingerprint density at radius 1 is 0.938 bits per heavy atom. The summed E-state index contributed by atoms with van der Waals surface area (Å²) in [6.07, 6.45) is 0. The van der Waals surface area contributed by atoms with E-state index in [9.17, 15) is 4.79 Å². The maximum absolute atomic E-state index is 13.9. The van der Waals surface area contributed by atoms with Crippen molar-refractivity contribution in [1.82, 2.24) is 14.5 Å². The third-order valence-corrected chi connectivity index (χ3v) is 7.23. The second-order valence-corrected chi connectivity index (χ2v) is 9.27. The molecule has 0 saturated heterocycles. The maximum atomic E-state index is 13.9. The Morgan fingerprint density at radius 2 is 1.62 bits per heavy atom. The van der Waals surface area contributed by atoms with Gasteiger partial charge in [0.15, 0.2) is 0 Å². The van der Waals surface area contributed by atoms with E-state index in [0.717, 1.165) is 52.4 Å². The molecule has 2 heterocycles. The number of nitrogens with zero attached hydrogens (tertiary/aromatic N) is 3. The van der Waals surface area contributed by atoms with E-state index in [0.29, 0.717) is 6.54 Å². The van der Waals surface area contributed by atoms with Crippen molar-refractivity contribution >= 4 is 21.6 Å². The van der Waals surface area contributed by atoms with Crippen molar-refractivity contribution < 1.29 is 0 Å². The Hall–Kier alpha value is -2.76. The Bertz CT molecular complexity index is 1300. The first-order chi connectivity index (χ1) is 15.4. The van der Waals surface area contributed by atoms with Crippen molar-refractivity contribution in [3.8, 4) is 22.5 Å². The normalized spacial score (nSPS) is 11.6. The van der Waals surface area contributed by atoms with Gasteiger partial charge in [0.1, 0.15) is 10.7 Å². The predicted octanol–water partition coefficient (Wildman–Crippen LogP) is 6.06. The first-order valence-corrected chi connectivity index (χ1v) is 12.2. The quantitative estimate of drug-likeness (QED) is 0.347. The summed E-state index contributed by atoms with van der Waals surface area (Å²) in [6.45, 7) is 14.0. The van der Waals surface area contributed by atoms with Crippen LogP contribution in [0.2, 0.25) is 0 Å². The second-order valence-electron chi connectivity index (χ2n) is 8.41. The average molecular weight is 446 g/mol. The standard InChI is InChI=1S/C27H31N3OS/c1-6-29(7-2)14-15-30-25(21-11-8-18(3)9-12-21)28-26-24(27(30)31)23(17-32-26)22-13-10-19(4)20(5)16-22/h8-13,16-17H,6-7,14-15H2,1-5H3. The van der Waals surface area contributed by atoms with E-state index in [-0.39, 0.29) is 5.56 Å². The van der Waals surface area contributed by atoms with Gasteiger partial charge < -0.3 is 4.90 Å². The number of thiophene rings is 1. The van der Waals surface area contributed by atoms with Crippen LogP contribution >= 0.6 is 11.3 Å². The van der Waals surface area contributed by atoms with Gasteiger partial charge in [0.2, 0.25) is 0 Å². The molecule has 0 aliphatic heterocycles. The van der Waals surface area contributed by atoms with Crippen molar-refractivity contribution in [3.05, 3.63) is 74.9 Å². The highest BCUT2D eigenvalue weighted by Crippen LogP contribution is 2.33. The van der Waals surface area contributed by atoms with Crippen molar-refractivity contribution in [2.24, 2.45) is 0 Å². The molecule has 0 aliphatic rings. The number of benzene rings is 2. The molecule has 0 radical (unpaired) electrons. The monoisotopic (exact) mass is 445 g/mol. The molecule has 4 aromatic rings. The lowest BCUT2D eigenvalue weighted by atomic mass is 10.0. The molecule has 32 heavy (non-hydrogen) atoms. The summed E-state index contributed by atoms with van der Waals surface area (Å²) in [4.78, 5) is 22.1. The van der Waals surface area contributed by atoms with Crippen LogP contribution < -0.4 is 5.56 Å². The van der Waals surface area contributed by atoms with Gasteiger partial charge in [0.05, 0.1) is 5.39 Å². The van der Waals surface area contributed by atoms with Gasteiger partial charge in [-0.25, -0.2) is 4.98 Å². The highest BCUT2D eigenvalue weighted by Gasteiger charge is 2.19. The van der Waals surface area contributed by atoms with Gasteiger partial charge in [0.25, 0.3) is 5.56 Å². The highest BCUT2D eigenvalue weighted by atomic mass is 32.1. The third-order valence-electron chi connectivity index (χ3n) is 6.36. The number of aryl methyl sites for hydroxylation is 3. The lowest BCUT2D eigenvalue weighted by molar-refractivity contribution is 0.289. The van der Waals surface area contributed by atoms with Crippen LogP contribution in [0.1, 0.15) is 30.5 Å². The van der Waals surface area contributed by atoms with E-state index >= 15 is 0 Å². The van der Waals surface area contributed by atoms with Crippen LogP contribution in [0.3, 0.4) is 0 Å². The van der Waals surface area contributed by atoms with Crippen LogP contribution in [0.15, 0.2) is 52.6 Å². The van der Waals surface area contributed by atoms with Crippen LogP contribution in [0.25, 0.3) is 32.7 Å². The van der Waals surface area contributed by atoms with E-state index in [1.165, 1.54) is 16.7 Å². The number of hydrogen-bond acceptors (Lipinski definition) is 4. The third kappa shape index (κ3) is 4.27. The van der Waals surface area contributed by atoms with Gasteiger partial charge in [-0.1, -0.05) is 61.9 Å². The van der Waals surface area contributed by atoms with Gasteiger partial charge in [-0.2, -0.15) is 0 Å². The Kier molecular flexibility index (Phi) is 6.58. The summed E-state index contributed by atoms with van der Waals surface area (Å²) < 4.78 is 1.88. The molecule has 0 unspecified atom stereocenters. The zero-order valence-corrected chi connectivity index (χ0v) is 20.4. The molecule has 4 nitrogen and oxygen atoms in total. The average Bonchev–Trinajstić information content (AvgIpc) is 3.22. The summed E-state index contributed by atoms with van der Waals surface area (Å²) in [7, 11) is 0. The molecule has 5 heteroatoms. The molecule has 2 aromatic heterocycles. The predicted molar refractivity (Wildman–Crippen MR) is 137 cm³/mol. The van der Waals surface area contributed by atoms with Crippen LogP contribution in [-0.4, -0.2) is 34.1 Å². The number of fused-ring (bicyclic) bond motifs is 1. The summed E-state index contributed by atoms with van der Waals surface area (Å²) in [5.74, 6) is 0.753. The molecule has 0 atom stereocenters. The Morgan fingerprint density at radius 3 is 2.28 bits per heavy atom. The van der Waals surface area contributed by atoms with Crippen molar-refractivity contribution in [3.63, 3.8) is 0 Å². The fraction of sp³-hybridized carbons (Fsp3) is 0.333. The zero-order chi connectivity index (χ0) is 22.8. The smallest absolute Gasteiger partial charge is 0.263 e. The van der Waals surface area contributed by atoms with Gasteiger partial charge in [-0.05, 0) is 50.6 Å². The van der Waals surface area contributed by atoms with Crippen molar-refractivity contribution in [1.29, 1.82) is 0 Å². The minimum atomic E-state index is 0.0483. The molecule has 0 amide bonds. The summed E-state index contributed by atoms with van der Waals surface area (Å²) in [5.41, 5.74) is 6.77. The minimum absolute atomic E-state index is 0.0483. The van der Waals surface area contributed by atoms with Crippen molar-refractivity contribution in [2.75, 3.05) is 19.6 Å². The number of hydrogen-bond donors (Lipinski definition) is 0. The number of aromatic nitrogens is 2. The highest BCUT2D eigenvalue weighted by molar-refractivity contribution is 7.17. The molecule has 0 fully saturated rings. The lowest BCUT2D eigenvalue weighted by Gasteiger charge is -2.20. The molecule has 0 spiro atoms. The molecular formula is C27H31N3OS. The SMILES string of the molecule is CCN(CC)CCn1c(-c2ccc(C)cc2)nc2scc(-c3ccc(C)c(C)c3)c2c1=O. The minimum Gasteiger partial charge on any atom is -0.302 e. The largest absolute Gasteiger partial charge is 0.302 e. The van der Waals surface area contributed by atoms with E-state index in [1.54, 1.807) is 11.3 Å². The van der Waals surface area contributed by atoms with E-state index in [4.69, 9.17) is 4.98 Å². The molecule has 0 N–H and O–H groups in total. The molecule has 166 valence electrons. The lowest BCUT2D eigenvalue weighted by Crippen LogP contribution is -2.32. The maximum Gasteiger partial charge on any atom is 0.263 e. The molecule has 2 aromatic carbocycles. The van der Waals surface area contributed by atoms with Gasteiger partial charge >= 0.3 is 0 Å².